The number of nitrogens with zero attached hydrogens (tertiary/aromatic N) is 1. The Morgan fingerprint density at radius 3 is 2.00 bits per heavy atom. The highest BCUT2D eigenvalue weighted by Gasteiger charge is 2.04. The van der Waals surface area contributed by atoms with Crippen LogP contribution in [0, 0.1) is 0 Å². The van der Waals surface area contributed by atoms with Crippen LogP contribution in [0.4, 0.5) is 0 Å². The first-order chi connectivity index (χ1) is 11.2. The summed E-state index contributed by atoms with van der Waals surface area (Å²) in [5.41, 5.74) is 3.90. The van der Waals surface area contributed by atoms with Crippen LogP contribution < -0.4 is 14.9 Å². The van der Waals surface area contributed by atoms with E-state index in [4.69, 9.17) is 9.47 Å². The quantitative estimate of drug-likeness (QED) is 0.630. The van der Waals surface area contributed by atoms with Crippen LogP contribution in [0.15, 0.2) is 53.6 Å². The summed E-state index contributed by atoms with van der Waals surface area (Å²) in [5.74, 6) is 1.28. The fourth-order valence-electron chi connectivity index (χ4n) is 1.92. The van der Waals surface area contributed by atoms with E-state index >= 15 is 0 Å². The van der Waals surface area contributed by atoms with Gasteiger partial charge in [0, 0.05) is 5.56 Å². The van der Waals surface area contributed by atoms with Gasteiger partial charge < -0.3 is 9.47 Å². The first kappa shape index (κ1) is 16.5. The fourth-order valence-corrected chi connectivity index (χ4v) is 1.92. The third-order valence-electron chi connectivity index (χ3n) is 3.00. The molecule has 2 rings (SSSR count). The second-order valence-corrected chi connectivity index (χ2v) is 4.66. The number of rotatable bonds is 7. The third-order valence-corrected chi connectivity index (χ3v) is 3.00. The Kier molecular flexibility index (Phi) is 6.17. The van der Waals surface area contributed by atoms with Crippen molar-refractivity contribution in [2.75, 3.05) is 13.2 Å². The van der Waals surface area contributed by atoms with Crippen LogP contribution >= 0.6 is 0 Å². The van der Waals surface area contributed by atoms with Crippen molar-refractivity contribution in [3.05, 3.63) is 59.7 Å². The summed E-state index contributed by atoms with van der Waals surface area (Å²) in [6.07, 6.45) is 1.59. The van der Waals surface area contributed by atoms with Gasteiger partial charge in [0.25, 0.3) is 5.91 Å². The molecule has 0 aliphatic carbocycles. The zero-order chi connectivity index (χ0) is 16.5. The molecular weight excluding hydrogens is 292 g/mol. The Morgan fingerprint density at radius 2 is 1.48 bits per heavy atom. The molecule has 0 aliphatic heterocycles. The zero-order valence-electron chi connectivity index (χ0n) is 13.3. The van der Waals surface area contributed by atoms with Gasteiger partial charge in [-0.25, -0.2) is 5.43 Å². The van der Waals surface area contributed by atoms with Crippen molar-refractivity contribution < 1.29 is 14.3 Å². The van der Waals surface area contributed by atoms with Crippen molar-refractivity contribution in [2.45, 2.75) is 13.8 Å². The van der Waals surface area contributed by atoms with E-state index in [0.717, 1.165) is 17.1 Å². The van der Waals surface area contributed by atoms with Gasteiger partial charge in [-0.2, -0.15) is 5.10 Å². The second kappa shape index (κ2) is 8.58. The number of hydrogen-bond acceptors (Lipinski definition) is 4. The lowest BCUT2D eigenvalue weighted by molar-refractivity contribution is 0.0955. The maximum atomic E-state index is 12.0. The van der Waals surface area contributed by atoms with Crippen LogP contribution in [-0.4, -0.2) is 25.3 Å². The lowest BCUT2D eigenvalue weighted by Gasteiger charge is -2.04. The summed E-state index contributed by atoms with van der Waals surface area (Å²) >= 11 is 0. The van der Waals surface area contributed by atoms with Gasteiger partial charge in [0.15, 0.2) is 0 Å². The highest BCUT2D eigenvalue weighted by Crippen LogP contribution is 2.12. The number of carbonyl (C=O) groups excluding carboxylic acids is 1. The normalized spacial score (nSPS) is 10.5. The molecule has 0 saturated carbocycles. The maximum Gasteiger partial charge on any atom is 0.271 e. The molecule has 0 radical (unpaired) electrons. The van der Waals surface area contributed by atoms with Crippen LogP contribution in [-0.2, 0) is 0 Å². The average molecular weight is 312 g/mol. The molecule has 0 fully saturated rings. The van der Waals surface area contributed by atoms with E-state index in [0.29, 0.717) is 18.8 Å². The minimum atomic E-state index is -0.268. The molecule has 0 spiro atoms. The lowest BCUT2D eigenvalue weighted by Crippen LogP contribution is -2.17. The lowest BCUT2D eigenvalue weighted by atomic mass is 10.2. The smallest absolute Gasteiger partial charge is 0.271 e. The first-order valence-corrected chi connectivity index (χ1v) is 7.52. The van der Waals surface area contributed by atoms with E-state index in [9.17, 15) is 4.79 Å². The summed E-state index contributed by atoms with van der Waals surface area (Å²) < 4.78 is 10.7. The zero-order valence-corrected chi connectivity index (χ0v) is 13.3. The molecule has 0 aromatic heterocycles. The summed E-state index contributed by atoms with van der Waals surface area (Å²) in [5, 5.41) is 3.96. The molecule has 0 heterocycles. The van der Waals surface area contributed by atoms with Crippen LogP contribution in [0.5, 0.6) is 11.5 Å². The Bertz CT molecular complexity index is 649. The molecule has 2 aromatic rings. The van der Waals surface area contributed by atoms with Gasteiger partial charge in [-0.1, -0.05) is 0 Å². The molecule has 0 unspecified atom stereocenters. The molecular formula is C18H20N2O3. The van der Waals surface area contributed by atoms with Crippen molar-refractivity contribution in [3.8, 4) is 11.5 Å². The molecule has 0 atom stereocenters. The predicted octanol–water partition coefficient (Wildman–Crippen LogP) is 3.25. The highest BCUT2D eigenvalue weighted by atomic mass is 16.5. The van der Waals surface area contributed by atoms with Crippen LogP contribution in [0.3, 0.4) is 0 Å². The number of hydrazone groups is 1. The van der Waals surface area contributed by atoms with E-state index in [-0.39, 0.29) is 5.91 Å². The van der Waals surface area contributed by atoms with E-state index in [1.165, 1.54) is 0 Å². The summed E-state index contributed by atoms with van der Waals surface area (Å²) in [4.78, 5) is 12.0. The fraction of sp³-hybridized carbons (Fsp3) is 0.222. The van der Waals surface area contributed by atoms with Gasteiger partial charge >= 0.3 is 0 Å². The van der Waals surface area contributed by atoms with Crippen LogP contribution in [0.25, 0.3) is 0 Å². The van der Waals surface area contributed by atoms with Crippen LogP contribution in [0.2, 0.25) is 0 Å². The van der Waals surface area contributed by atoms with E-state index in [1.807, 2.05) is 38.1 Å². The number of carbonyl (C=O) groups is 1. The van der Waals surface area contributed by atoms with Crippen molar-refractivity contribution >= 4 is 12.1 Å². The molecule has 5 nitrogen and oxygen atoms in total. The standard InChI is InChI=1S/C18H20N2O3/c1-3-22-16-9-5-14(6-10-16)13-19-20-18(21)15-7-11-17(12-8-15)23-4-2/h5-13H,3-4H2,1-2H3,(H,20,21). The minimum Gasteiger partial charge on any atom is -0.494 e. The Labute approximate surface area is 135 Å². The number of ether oxygens (including phenoxy) is 2. The van der Waals surface area contributed by atoms with Crippen LogP contribution in [0.1, 0.15) is 29.8 Å². The van der Waals surface area contributed by atoms with Crippen molar-refractivity contribution in [2.24, 2.45) is 5.10 Å². The molecule has 5 heteroatoms. The minimum absolute atomic E-state index is 0.268. The Balaban J connectivity index is 1.90. The van der Waals surface area contributed by atoms with Gasteiger partial charge in [0.2, 0.25) is 0 Å². The van der Waals surface area contributed by atoms with Gasteiger partial charge in [-0.3, -0.25) is 4.79 Å². The highest BCUT2D eigenvalue weighted by molar-refractivity contribution is 5.95. The number of benzene rings is 2. The van der Waals surface area contributed by atoms with E-state index in [1.54, 1.807) is 30.5 Å². The third kappa shape index (κ3) is 5.14. The molecule has 1 N–H and O–H groups in total. The summed E-state index contributed by atoms with van der Waals surface area (Å²) in [6.45, 7) is 5.07. The van der Waals surface area contributed by atoms with Crippen molar-refractivity contribution in [1.29, 1.82) is 0 Å². The van der Waals surface area contributed by atoms with Gasteiger partial charge in [-0.15, -0.1) is 0 Å². The molecule has 1 amide bonds. The molecule has 0 bridgehead atoms. The average Bonchev–Trinajstić information content (AvgIpc) is 2.57. The molecule has 0 saturated heterocycles. The Morgan fingerprint density at radius 1 is 0.957 bits per heavy atom. The van der Waals surface area contributed by atoms with Crippen molar-refractivity contribution in [3.63, 3.8) is 0 Å². The summed E-state index contributed by atoms with van der Waals surface area (Å²) in [7, 11) is 0. The number of hydrogen-bond donors (Lipinski definition) is 1. The number of nitrogens with one attached hydrogen (secondary N) is 1. The molecule has 2 aromatic carbocycles. The summed E-state index contributed by atoms with van der Waals surface area (Å²) in [6, 6.07) is 14.4. The van der Waals surface area contributed by atoms with Gasteiger partial charge in [-0.05, 0) is 67.9 Å². The van der Waals surface area contributed by atoms with Gasteiger partial charge in [0.05, 0.1) is 19.4 Å². The molecule has 0 aliphatic rings. The van der Waals surface area contributed by atoms with E-state index < -0.39 is 0 Å². The molecule has 23 heavy (non-hydrogen) atoms. The second-order valence-electron chi connectivity index (χ2n) is 4.66. The topological polar surface area (TPSA) is 59.9 Å². The Hall–Kier alpha value is -2.82. The maximum absolute atomic E-state index is 12.0. The molecule has 120 valence electrons. The first-order valence-electron chi connectivity index (χ1n) is 7.52. The van der Waals surface area contributed by atoms with Crippen molar-refractivity contribution in [1.82, 2.24) is 5.43 Å². The van der Waals surface area contributed by atoms with E-state index in [2.05, 4.69) is 10.5 Å². The SMILES string of the molecule is CCOc1ccc(C=NNC(=O)c2ccc(OCC)cc2)cc1. The monoisotopic (exact) mass is 312 g/mol. The number of amides is 1. The predicted molar refractivity (Wildman–Crippen MR) is 90.3 cm³/mol. The van der Waals surface area contributed by atoms with Gasteiger partial charge in [0.1, 0.15) is 11.5 Å². The largest absolute Gasteiger partial charge is 0.494 e.